The van der Waals surface area contributed by atoms with Crippen molar-refractivity contribution in [2.75, 3.05) is 6.61 Å². The largest absolute Gasteiger partial charge is 0.457 e. The molecule has 3 aromatic rings. The van der Waals surface area contributed by atoms with E-state index in [4.69, 9.17) is 4.74 Å². The average molecular weight is 633 g/mol. The minimum Gasteiger partial charge on any atom is -0.457 e. The maximum absolute atomic E-state index is 15.7. The highest BCUT2D eigenvalue weighted by Gasteiger charge is 2.27. The summed E-state index contributed by atoms with van der Waals surface area (Å²) >= 11 is 0. The predicted octanol–water partition coefficient (Wildman–Crippen LogP) is 10.1. The molecule has 3 nitrogen and oxygen atoms in total. The van der Waals surface area contributed by atoms with Gasteiger partial charge in [0.05, 0.1) is 8.07 Å². The summed E-state index contributed by atoms with van der Waals surface area (Å²) in [6.45, 7) is 12.0. The zero-order valence-electron chi connectivity index (χ0n) is 27.6. The summed E-state index contributed by atoms with van der Waals surface area (Å²) in [7, 11) is -2.02. The topological polar surface area (TPSA) is 46.5 Å². The Labute approximate surface area is 269 Å². The van der Waals surface area contributed by atoms with Crippen LogP contribution in [0.15, 0.2) is 66.7 Å². The van der Waals surface area contributed by atoms with Crippen LogP contribution < -0.4 is 5.19 Å². The number of carbonyl (C=O) groups is 1. The molecule has 1 fully saturated rings. The molecule has 0 atom stereocenters. The van der Waals surface area contributed by atoms with Crippen LogP contribution in [0.2, 0.25) is 19.1 Å². The van der Waals surface area contributed by atoms with Crippen LogP contribution in [0.25, 0.3) is 22.3 Å². The van der Waals surface area contributed by atoms with Crippen LogP contribution in [0.5, 0.6) is 0 Å². The molecule has 45 heavy (non-hydrogen) atoms. The number of aliphatic hydroxyl groups is 1. The molecular formula is C39H50F2O3Si. The van der Waals surface area contributed by atoms with Gasteiger partial charge in [-0.1, -0.05) is 112 Å². The summed E-state index contributed by atoms with van der Waals surface area (Å²) in [5.74, 6) is -0.879. The van der Waals surface area contributed by atoms with E-state index in [1.165, 1.54) is 56.9 Å². The van der Waals surface area contributed by atoms with Crippen molar-refractivity contribution in [1.82, 2.24) is 0 Å². The van der Waals surface area contributed by atoms with Crippen LogP contribution in [0.3, 0.4) is 0 Å². The number of esters is 1. The van der Waals surface area contributed by atoms with Crippen LogP contribution >= 0.6 is 0 Å². The van der Waals surface area contributed by atoms with Crippen molar-refractivity contribution in [1.29, 1.82) is 0 Å². The number of hydrogen-bond acceptors (Lipinski definition) is 3. The van der Waals surface area contributed by atoms with Crippen molar-refractivity contribution in [2.45, 2.75) is 103 Å². The van der Waals surface area contributed by atoms with Crippen molar-refractivity contribution in [2.24, 2.45) is 5.92 Å². The van der Waals surface area contributed by atoms with Crippen LogP contribution in [0.1, 0.15) is 88.7 Å². The number of unbranched alkanes of at least 4 members (excludes halogenated alkanes) is 2. The first-order valence-electron chi connectivity index (χ1n) is 16.7. The minimum absolute atomic E-state index is 0.0134. The first-order valence-corrected chi connectivity index (χ1v) is 19.9. The van der Waals surface area contributed by atoms with Gasteiger partial charge in [0.1, 0.15) is 6.61 Å². The zero-order valence-corrected chi connectivity index (χ0v) is 28.6. The van der Waals surface area contributed by atoms with Gasteiger partial charge in [0.25, 0.3) is 0 Å². The van der Waals surface area contributed by atoms with Crippen LogP contribution in [0, 0.1) is 17.6 Å². The Morgan fingerprint density at radius 2 is 1.53 bits per heavy atom. The molecule has 0 bridgehead atoms. The van der Waals surface area contributed by atoms with Crippen molar-refractivity contribution in [3.8, 4) is 22.3 Å². The minimum atomic E-state index is -2.02. The van der Waals surface area contributed by atoms with E-state index in [9.17, 15) is 9.90 Å². The molecule has 0 aliphatic heterocycles. The van der Waals surface area contributed by atoms with Crippen molar-refractivity contribution in [3.05, 3.63) is 89.5 Å². The molecule has 0 spiro atoms. The second-order valence-corrected chi connectivity index (χ2v) is 18.4. The molecule has 3 aromatic carbocycles. The fraction of sp³-hybridized carbons (Fsp3) is 0.462. The first kappa shape index (κ1) is 34.8. The molecule has 0 amide bonds. The standard InChI is InChI=1S/C39H50F2O3Si/c1-6-7-8-10-28-11-13-29(14-12-28)30-15-17-31(18-16-30)34-20-21-35(38(41)37(34)40)32-19-22-36(45(4,5)24-9-23-42)33(25-32)26-44-39(43)27(2)3/h15-22,25,28-29,42H,2,6-14,23-24,26H2,1,3-5H3. The van der Waals surface area contributed by atoms with Crippen molar-refractivity contribution < 1.29 is 23.4 Å². The Morgan fingerprint density at radius 3 is 2.13 bits per heavy atom. The lowest BCUT2D eigenvalue weighted by molar-refractivity contribution is -0.140. The molecule has 0 heterocycles. The van der Waals surface area contributed by atoms with Gasteiger partial charge in [-0.15, -0.1) is 0 Å². The van der Waals surface area contributed by atoms with E-state index < -0.39 is 25.7 Å². The highest BCUT2D eigenvalue weighted by molar-refractivity contribution is 6.90. The summed E-state index contributed by atoms with van der Waals surface area (Å²) in [6.07, 6.45) is 10.9. The van der Waals surface area contributed by atoms with E-state index in [0.717, 1.165) is 22.7 Å². The third kappa shape index (κ3) is 8.80. The van der Waals surface area contributed by atoms with Gasteiger partial charge in [-0.2, -0.15) is 0 Å². The lowest BCUT2D eigenvalue weighted by Crippen LogP contribution is -2.43. The first-order chi connectivity index (χ1) is 21.6. The fourth-order valence-electron chi connectivity index (χ4n) is 6.86. The van der Waals surface area contributed by atoms with Gasteiger partial charge in [0, 0.05) is 23.3 Å². The summed E-state index contributed by atoms with van der Waals surface area (Å²) in [5.41, 5.74) is 3.95. The van der Waals surface area contributed by atoms with Gasteiger partial charge < -0.3 is 9.84 Å². The molecule has 0 saturated heterocycles. The molecule has 1 aliphatic carbocycles. The van der Waals surface area contributed by atoms with Gasteiger partial charge in [0.2, 0.25) is 0 Å². The molecule has 1 aliphatic rings. The van der Waals surface area contributed by atoms with E-state index >= 15 is 8.78 Å². The number of rotatable bonds is 14. The number of halogens is 2. The molecule has 4 rings (SSSR count). The van der Waals surface area contributed by atoms with E-state index in [2.05, 4.69) is 38.7 Å². The molecule has 1 N–H and O–H groups in total. The smallest absolute Gasteiger partial charge is 0.333 e. The van der Waals surface area contributed by atoms with Gasteiger partial charge in [0.15, 0.2) is 11.6 Å². The summed E-state index contributed by atoms with van der Waals surface area (Å²) in [5, 5.41) is 10.5. The van der Waals surface area contributed by atoms with Gasteiger partial charge in [-0.05, 0) is 79.2 Å². The molecule has 1 saturated carbocycles. The van der Waals surface area contributed by atoms with Gasteiger partial charge >= 0.3 is 5.97 Å². The number of hydrogen-bond donors (Lipinski definition) is 1. The van der Waals surface area contributed by atoms with Gasteiger partial charge in [-0.25, -0.2) is 13.6 Å². The Hall–Kier alpha value is -3.09. The molecule has 0 radical (unpaired) electrons. The second kappa shape index (κ2) is 16.0. The monoisotopic (exact) mass is 632 g/mol. The second-order valence-electron chi connectivity index (χ2n) is 13.6. The van der Waals surface area contributed by atoms with Crippen LogP contribution in [0.4, 0.5) is 8.78 Å². The van der Waals surface area contributed by atoms with Crippen molar-refractivity contribution >= 4 is 19.2 Å². The number of aliphatic hydroxyl groups excluding tert-OH is 1. The van der Waals surface area contributed by atoms with Crippen molar-refractivity contribution in [3.63, 3.8) is 0 Å². The number of carbonyl (C=O) groups excluding carboxylic acids is 1. The fourth-order valence-corrected chi connectivity index (χ4v) is 9.72. The maximum atomic E-state index is 15.7. The SMILES string of the molecule is C=C(C)C(=O)OCc1cc(-c2ccc(-c3ccc(C4CCC(CCCCC)CC4)cc3)c(F)c2F)ccc1[Si](C)(C)CCCO. The zero-order chi connectivity index (χ0) is 32.6. The Morgan fingerprint density at radius 1 is 0.911 bits per heavy atom. The molecule has 0 aromatic heterocycles. The Bertz CT molecular complexity index is 1460. The normalized spacial score (nSPS) is 16.9. The summed E-state index contributed by atoms with van der Waals surface area (Å²) < 4.78 is 36.8. The number of benzene rings is 3. The molecule has 242 valence electrons. The Kier molecular flexibility index (Phi) is 12.3. The predicted molar refractivity (Wildman–Crippen MR) is 184 cm³/mol. The van der Waals surface area contributed by atoms with Crippen LogP contribution in [-0.2, 0) is 16.1 Å². The highest BCUT2D eigenvalue weighted by atomic mass is 28.3. The van der Waals surface area contributed by atoms with E-state index in [1.807, 2.05) is 24.3 Å². The molecule has 0 unspecified atom stereocenters. The summed E-state index contributed by atoms with van der Waals surface area (Å²) in [4.78, 5) is 12.2. The summed E-state index contributed by atoms with van der Waals surface area (Å²) in [6, 6.07) is 17.7. The van der Waals surface area contributed by atoms with E-state index in [-0.39, 0.29) is 24.3 Å². The third-order valence-electron chi connectivity index (χ3n) is 9.65. The highest BCUT2D eigenvalue weighted by Crippen LogP contribution is 2.39. The maximum Gasteiger partial charge on any atom is 0.333 e. The third-order valence-corrected chi connectivity index (χ3v) is 13.2. The van der Waals surface area contributed by atoms with E-state index in [0.29, 0.717) is 29.0 Å². The Balaban J connectivity index is 1.55. The van der Waals surface area contributed by atoms with Crippen LogP contribution in [-0.4, -0.2) is 25.8 Å². The molecule has 6 heteroatoms. The molecular weight excluding hydrogens is 583 g/mol. The average Bonchev–Trinajstić information content (AvgIpc) is 3.04. The van der Waals surface area contributed by atoms with Gasteiger partial charge in [-0.3, -0.25) is 0 Å². The lowest BCUT2D eigenvalue weighted by atomic mass is 9.77. The van der Waals surface area contributed by atoms with E-state index in [1.54, 1.807) is 25.1 Å². The quantitative estimate of drug-likeness (QED) is 0.0833. The lowest BCUT2D eigenvalue weighted by Gasteiger charge is -2.29. The number of ether oxygens (including phenoxy) is 1.